The molecule has 1 aliphatic carbocycles. The summed E-state index contributed by atoms with van der Waals surface area (Å²) in [6.45, 7) is 5.25. The van der Waals surface area contributed by atoms with Crippen LogP contribution in [0.2, 0.25) is 0 Å². The normalized spacial score (nSPS) is 25.0. The van der Waals surface area contributed by atoms with Crippen LogP contribution in [0.1, 0.15) is 38.3 Å². The summed E-state index contributed by atoms with van der Waals surface area (Å²) in [4.78, 5) is 24.2. The van der Waals surface area contributed by atoms with Crippen molar-refractivity contribution in [2.24, 2.45) is 11.7 Å². The van der Waals surface area contributed by atoms with Gasteiger partial charge < -0.3 is 15.6 Å². The summed E-state index contributed by atoms with van der Waals surface area (Å²) in [7, 11) is 0. The van der Waals surface area contributed by atoms with Gasteiger partial charge >= 0.3 is 11.9 Å². The van der Waals surface area contributed by atoms with E-state index in [0.29, 0.717) is 18.4 Å². The fourth-order valence-electron chi connectivity index (χ4n) is 2.80. The van der Waals surface area contributed by atoms with Crippen LogP contribution in [0.4, 0.5) is 0 Å². The number of fused-ring (bicyclic) bond motifs is 1. The fraction of sp³-hybridized carbons (Fsp3) is 0.500. The van der Waals surface area contributed by atoms with Crippen LogP contribution in [-0.4, -0.2) is 22.6 Å². The maximum absolute atomic E-state index is 12.4. The topological polar surface area (TPSA) is 89.6 Å². The minimum Gasteiger partial charge on any atom is -0.480 e. The number of carbonyl (C=O) groups is 2. The molecule has 0 saturated heterocycles. The second-order valence-electron chi connectivity index (χ2n) is 6.46. The number of ether oxygens (including phenoxy) is 1. The number of aliphatic carboxylic acids is 1. The molecular formula is C16H21NO4. The first-order chi connectivity index (χ1) is 9.66. The lowest BCUT2D eigenvalue weighted by atomic mass is 9.69. The van der Waals surface area contributed by atoms with Crippen LogP contribution >= 0.6 is 0 Å². The number of hydrogen-bond donors (Lipinski definition) is 2. The van der Waals surface area contributed by atoms with Crippen LogP contribution in [-0.2, 0) is 26.3 Å². The van der Waals surface area contributed by atoms with Crippen LogP contribution in [0.5, 0.6) is 0 Å². The Hall–Kier alpha value is -1.88. The summed E-state index contributed by atoms with van der Waals surface area (Å²) in [5, 5.41) is 9.63. The smallest absolute Gasteiger partial charge is 0.329 e. The lowest BCUT2D eigenvalue weighted by Crippen LogP contribution is -2.57. The number of esters is 1. The molecule has 21 heavy (non-hydrogen) atoms. The number of carboxylic acids is 1. The van der Waals surface area contributed by atoms with Crippen molar-refractivity contribution < 1.29 is 19.4 Å². The molecule has 0 amide bonds. The maximum atomic E-state index is 12.4. The third kappa shape index (κ3) is 2.78. The molecule has 3 N–H and O–H groups in total. The molecule has 0 bridgehead atoms. The van der Waals surface area contributed by atoms with Gasteiger partial charge in [0, 0.05) is 0 Å². The maximum Gasteiger partial charge on any atom is 0.329 e. The van der Waals surface area contributed by atoms with E-state index in [2.05, 4.69) is 0 Å². The van der Waals surface area contributed by atoms with E-state index in [1.54, 1.807) is 32.9 Å². The van der Waals surface area contributed by atoms with Gasteiger partial charge in [-0.3, -0.25) is 4.79 Å². The van der Waals surface area contributed by atoms with Crippen LogP contribution in [0.25, 0.3) is 0 Å². The molecule has 2 rings (SSSR count). The second-order valence-corrected chi connectivity index (χ2v) is 6.46. The van der Waals surface area contributed by atoms with E-state index >= 15 is 0 Å². The lowest BCUT2D eigenvalue weighted by Gasteiger charge is -2.38. The van der Waals surface area contributed by atoms with E-state index < -0.39 is 29.0 Å². The molecule has 1 aliphatic rings. The summed E-state index contributed by atoms with van der Waals surface area (Å²) in [5.41, 5.74) is 5.14. The first-order valence-corrected chi connectivity index (χ1v) is 7.00. The van der Waals surface area contributed by atoms with Gasteiger partial charge in [-0.2, -0.15) is 0 Å². The SMILES string of the molecule is CC(C)(C)OC(=O)C1CCc2ccccc2C1(N)C(=O)O. The summed E-state index contributed by atoms with van der Waals surface area (Å²) in [6.07, 6.45) is 0.987. The number of aryl methyl sites for hydroxylation is 1. The number of nitrogens with two attached hydrogens (primary N) is 1. The van der Waals surface area contributed by atoms with Gasteiger partial charge in [-0.1, -0.05) is 24.3 Å². The first-order valence-electron chi connectivity index (χ1n) is 7.00. The monoisotopic (exact) mass is 291 g/mol. The average molecular weight is 291 g/mol. The van der Waals surface area contributed by atoms with Crippen molar-refractivity contribution in [2.75, 3.05) is 0 Å². The standard InChI is InChI=1S/C16H21NO4/c1-15(2,3)21-13(18)12-9-8-10-6-4-5-7-11(10)16(12,17)14(19)20/h4-7,12H,8-9,17H2,1-3H3,(H,19,20). The molecule has 1 aromatic carbocycles. The summed E-state index contributed by atoms with van der Waals surface area (Å²) in [6, 6.07) is 7.11. The highest BCUT2D eigenvalue weighted by molar-refractivity contribution is 5.89. The predicted molar refractivity (Wildman–Crippen MR) is 77.6 cm³/mol. The zero-order valence-electron chi connectivity index (χ0n) is 12.6. The quantitative estimate of drug-likeness (QED) is 0.811. The Bertz CT molecular complexity index is 576. The molecular weight excluding hydrogens is 270 g/mol. The van der Waals surface area contributed by atoms with E-state index in [1.165, 1.54) is 0 Å². The number of hydrogen-bond acceptors (Lipinski definition) is 4. The van der Waals surface area contributed by atoms with Gasteiger partial charge in [0.2, 0.25) is 0 Å². The Labute approximate surface area is 124 Å². The Morgan fingerprint density at radius 1 is 1.33 bits per heavy atom. The highest BCUT2D eigenvalue weighted by Crippen LogP contribution is 2.39. The molecule has 114 valence electrons. The van der Waals surface area contributed by atoms with E-state index in [-0.39, 0.29) is 0 Å². The molecule has 5 heteroatoms. The molecule has 0 spiro atoms. The van der Waals surface area contributed by atoms with Gasteiger partial charge in [-0.15, -0.1) is 0 Å². The van der Waals surface area contributed by atoms with Crippen LogP contribution < -0.4 is 5.73 Å². The fourth-order valence-corrected chi connectivity index (χ4v) is 2.80. The van der Waals surface area contributed by atoms with Crippen LogP contribution in [0, 0.1) is 5.92 Å². The predicted octanol–water partition coefficient (Wildman–Crippen LogP) is 1.83. The molecule has 2 unspecified atom stereocenters. The lowest BCUT2D eigenvalue weighted by molar-refractivity contribution is -0.169. The van der Waals surface area contributed by atoms with E-state index in [4.69, 9.17) is 10.5 Å². The minimum absolute atomic E-state index is 0.370. The average Bonchev–Trinajstić information content (AvgIpc) is 2.37. The summed E-state index contributed by atoms with van der Waals surface area (Å²) in [5.74, 6) is -2.64. The van der Waals surface area contributed by atoms with E-state index in [9.17, 15) is 14.7 Å². The van der Waals surface area contributed by atoms with Crippen molar-refractivity contribution in [3.8, 4) is 0 Å². The Kier molecular flexibility index (Phi) is 3.80. The largest absolute Gasteiger partial charge is 0.480 e. The molecule has 0 fully saturated rings. The van der Waals surface area contributed by atoms with Crippen molar-refractivity contribution in [1.82, 2.24) is 0 Å². The van der Waals surface area contributed by atoms with Gasteiger partial charge in [0.15, 0.2) is 5.54 Å². The Morgan fingerprint density at radius 2 is 1.95 bits per heavy atom. The number of carbonyl (C=O) groups excluding carboxylic acids is 1. The van der Waals surface area contributed by atoms with Gasteiger partial charge in [0.05, 0.1) is 5.92 Å². The summed E-state index contributed by atoms with van der Waals surface area (Å²) < 4.78 is 5.36. The Balaban J connectivity index is 2.45. The van der Waals surface area contributed by atoms with Crippen molar-refractivity contribution in [3.05, 3.63) is 35.4 Å². The number of carboxylic acid groups (broad SMARTS) is 1. The van der Waals surface area contributed by atoms with Crippen molar-refractivity contribution >= 4 is 11.9 Å². The molecule has 0 aliphatic heterocycles. The number of rotatable bonds is 2. The highest BCUT2D eigenvalue weighted by Gasteiger charge is 2.52. The molecule has 2 atom stereocenters. The zero-order chi connectivity index (χ0) is 15.8. The van der Waals surface area contributed by atoms with Gasteiger partial charge in [-0.25, -0.2) is 4.79 Å². The molecule has 5 nitrogen and oxygen atoms in total. The number of benzene rings is 1. The molecule has 0 saturated carbocycles. The molecule has 1 aromatic rings. The van der Waals surface area contributed by atoms with Gasteiger partial charge in [0.25, 0.3) is 0 Å². The van der Waals surface area contributed by atoms with Crippen molar-refractivity contribution in [1.29, 1.82) is 0 Å². The molecule has 0 radical (unpaired) electrons. The van der Waals surface area contributed by atoms with Gasteiger partial charge in [-0.05, 0) is 44.7 Å². The van der Waals surface area contributed by atoms with Crippen molar-refractivity contribution in [3.63, 3.8) is 0 Å². The second kappa shape index (κ2) is 5.15. The molecule has 0 heterocycles. The van der Waals surface area contributed by atoms with Crippen LogP contribution in [0.3, 0.4) is 0 Å². The third-order valence-corrected chi connectivity index (χ3v) is 3.76. The van der Waals surface area contributed by atoms with Crippen LogP contribution in [0.15, 0.2) is 24.3 Å². The van der Waals surface area contributed by atoms with E-state index in [1.807, 2.05) is 12.1 Å². The van der Waals surface area contributed by atoms with Crippen molar-refractivity contribution in [2.45, 2.75) is 44.8 Å². The zero-order valence-corrected chi connectivity index (χ0v) is 12.6. The summed E-state index contributed by atoms with van der Waals surface area (Å²) >= 11 is 0. The molecule has 0 aromatic heterocycles. The third-order valence-electron chi connectivity index (χ3n) is 3.76. The Morgan fingerprint density at radius 3 is 2.52 bits per heavy atom. The first kappa shape index (κ1) is 15.5. The highest BCUT2D eigenvalue weighted by atomic mass is 16.6. The van der Waals surface area contributed by atoms with E-state index in [0.717, 1.165) is 5.56 Å². The van der Waals surface area contributed by atoms with Gasteiger partial charge in [0.1, 0.15) is 5.60 Å². The minimum atomic E-state index is -1.74.